The predicted molar refractivity (Wildman–Crippen MR) is 113 cm³/mol. The van der Waals surface area contributed by atoms with E-state index in [4.69, 9.17) is 9.84 Å². The summed E-state index contributed by atoms with van der Waals surface area (Å²) in [5.74, 6) is -5.76. The highest BCUT2D eigenvalue weighted by Crippen LogP contribution is 2.31. The number of amides is 1. The normalized spacial score (nSPS) is 17.0. The van der Waals surface area contributed by atoms with Gasteiger partial charge in [0.2, 0.25) is 5.96 Å². The van der Waals surface area contributed by atoms with Crippen molar-refractivity contribution in [3.63, 3.8) is 0 Å². The Kier molecular flexibility index (Phi) is 6.98. The highest BCUT2D eigenvalue weighted by molar-refractivity contribution is 5.99. The number of nitrogens with zero attached hydrogens (tertiary/aromatic N) is 4. The molecule has 2 N–H and O–H groups in total. The van der Waals surface area contributed by atoms with Crippen LogP contribution >= 0.6 is 0 Å². The number of rotatable bonds is 5. The summed E-state index contributed by atoms with van der Waals surface area (Å²) in [7, 11) is 2.62. The Bertz CT molecular complexity index is 959. The third kappa shape index (κ3) is 4.98. The molecule has 11 heteroatoms. The Morgan fingerprint density at radius 3 is 2.55 bits per heavy atom. The largest absolute Gasteiger partial charge is 0.495 e. The van der Waals surface area contributed by atoms with Crippen LogP contribution in [0.1, 0.15) is 31.1 Å². The molecule has 1 aliphatic rings. The van der Waals surface area contributed by atoms with E-state index in [2.05, 4.69) is 22.0 Å². The maximum absolute atomic E-state index is 14.4. The third-order valence-corrected chi connectivity index (χ3v) is 4.77. The van der Waals surface area contributed by atoms with E-state index in [-0.39, 0.29) is 28.8 Å². The Morgan fingerprint density at radius 2 is 2.03 bits per heavy atom. The van der Waals surface area contributed by atoms with Crippen LogP contribution < -0.4 is 10.1 Å². The number of carboxylic acid groups (broad SMARTS) is 1. The average molecular weight is 437 g/mol. The number of hydrogen-bond acceptors (Lipinski definition) is 5. The molecular weight excluding hydrogens is 412 g/mol. The standard InChI is InChI=1S/C20H25F2N5O4/c1-11(2)27-10-20(21,22)18(30)26(5)12(3)16(27)25-19(23-4)24-14-8-7-13(17(28)29)9-15(14)31-6/h7-9,11H,4,10H2,1-3,5-6H3,(H,24,25)(H,28,29). The molecule has 0 unspecified atom stereocenters. The third-order valence-electron chi connectivity index (χ3n) is 4.77. The number of allylic oxidation sites excluding steroid dienone is 1. The number of methoxy groups -OCH3 is 1. The van der Waals surface area contributed by atoms with E-state index < -0.39 is 30.4 Å². The SMILES string of the molecule is C=N/C(=N\C1=C(C)N(C)C(=O)C(F)(F)CN1C(C)C)Nc1ccc(C(=O)O)cc1OC. The van der Waals surface area contributed by atoms with Gasteiger partial charge in [-0.2, -0.15) is 13.8 Å². The summed E-state index contributed by atoms with van der Waals surface area (Å²) in [6, 6.07) is 3.74. The molecule has 1 aliphatic heterocycles. The van der Waals surface area contributed by atoms with Gasteiger partial charge in [0.05, 0.1) is 30.6 Å². The van der Waals surface area contributed by atoms with E-state index in [1.54, 1.807) is 13.8 Å². The van der Waals surface area contributed by atoms with Crippen LogP contribution in [0.4, 0.5) is 14.5 Å². The zero-order valence-electron chi connectivity index (χ0n) is 17.9. The fraction of sp³-hybridized carbons (Fsp3) is 0.400. The van der Waals surface area contributed by atoms with Gasteiger partial charge in [-0.15, -0.1) is 0 Å². The molecule has 0 atom stereocenters. The van der Waals surface area contributed by atoms with Gasteiger partial charge in [-0.1, -0.05) is 0 Å². The molecule has 1 aromatic carbocycles. The zero-order valence-corrected chi connectivity index (χ0v) is 17.9. The lowest BCUT2D eigenvalue weighted by atomic mass is 10.2. The number of carbonyl (C=O) groups is 2. The molecular formula is C20H25F2N5O4. The predicted octanol–water partition coefficient (Wildman–Crippen LogP) is 2.87. The first kappa shape index (κ1) is 23.8. The minimum atomic E-state index is -3.59. The molecule has 0 aromatic heterocycles. The van der Waals surface area contributed by atoms with E-state index in [0.717, 1.165) is 4.90 Å². The van der Waals surface area contributed by atoms with Crippen molar-refractivity contribution in [1.82, 2.24) is 9.80 Å². The summed E-state index contributed by atoms with van der Waals surface area (Å²) in [6.45, 7) is 7.54. The first-order valence-corrected chi connectivity index (χ1v) is 9.30. The van der Waals surface area contributed by atoms with Gasteiger partial charge >= 0.3 is 11.9 Å². The van der Waals surface area contributed by atoms with Gasteiger partial charge in [0, 0.05) is 13.1 Å². The molecule has 0 saturated heterocycles. The number of benzene rings is 1. The summed E-state index contributed by atoms with van der Waals surface area (Å²) in [6.07, 6.45) is 0. The van der Waals surface area contributed by atoms with Gasteiger partial charge in [-0.05, 0) is 45.7 Å². The van der Waals surface area contributed by atoms with Crippen molar-refractivity contribution < 1.29 is 28.2 Å². The molecule has 31 heavy (non-hydrogen) atoms. The number of carbonyl (C=O) groups excluding carboxylic acids is 1. The van der Waals surface area contributed by atoms with E-state index in [9.17, 15) is 18.4 Å². The molecule has 1 aromatic rings. The highest BCUT2D eigenvalue weighted by atomic mass is 19.3. The smallest absolute Gasteiger partial charge is 0.342 e. The Balaban J connectivity index is 2.53. The van der Waals surface area contributed by atoms with Crippen molar-refractivity contribution in [2.24, 2.45) is 9.98 Å². The van der Waals surface area contributed by atoms with Gasteiger partial charge in [0.15, 0.2) is 5.82 Å². The summed E-state index contributed by atoms with van der Waals surface area (Å²) in [4.78, 5) is 33.7. The minimum absolute atomic E-state index is 0.0168. The van der Waals surface area contributed by atoms with Crippen LogP contribution in [0.3, 0.4) is 0 Å². The molecule has 0 radical (unpaired) electrons. The van der Waals surface area contributed by atoms with E-state index in [1.807, 2.05) is 0 Å². The average Bonchev–Trinajstić information content (AvgIpc) is 2.78. The fourth-order valence-corrected chi connectivity index (χ4v) is 2.94. The van der Waals surface area contributed by atoms with Crippen LogP contribution in [0.25, 0.3) is 0 Å². The minimum Gasteiger partial charge on any atom is -0.495 e. The van der Waals surface area contributed by atoms with Crippen molar-refractivity contribution in [3.05, 3.63) is 35.3 Å². The number of carboxylic acids is 1. The number of aromatic carboxylic acids is 1. The highest BCUT2D eigenvalue weighted by Gasteiger charge is 2.47. The molecule has 0 aliphatic carbocycles. The number of ether oxygens (including phenoxy) is 1. The second-order valence-electron chi connectivity index (χ2n) is 7.14. The van der Waals surface area contributed by atoms with Gasteiger partial charge < -0.3 is 25.0 Å². The Labute approximate surface area is 178 Å². The van der Waals surface area contributed by atoms with Crippen molar-refractivity contribution in [3.8, 4) is 5.75 Å². The van der Waals surface area contributed by atoms with E-state index in [0.29, 0.717) is 5.69 Å². The van der Waals surface area contributed by atoms with Crippen LogP contribution in [0.15, 0.2) is 39.7 Å². The molecule has 9 nitrogen and oxygen atoms in total. The number of halogens is 2. The second kappa shape index (κ2) is 9.11. The summed E-state index contributed by atoms with van der Waals surface area (Å²) in [5.41, 5.74) is 0.575. The number of nitrogens with one attached hydrogen (secondary N) is 1. The molecule has 0 bridgehead atoms. The number of hydrogen-bond donors (Lipinski definition) is 2. The van der Waals surface area contributed by atoms with Gasteiger partial charge in [-0.25, -0.2) is 9.79 Å². The van der Waals surface area contributed by atoms with E-state index >= 15 is 0 Å². The maximum Gasteiger partial charge on any atom is 0.342 e. The van der Waals surface area contributed by atoms with Crippen LogP contribution in [-0.2, 0) is 4.79 Å². The molecule has 168 valence electrons. The quantitative estimate of drug-likeness (QED) is 0.542. The zero-order chi connectivity index (χ0) is 23.5. The van der Waals surface area contributed by atoms with Crippen molar-refractivity contribution >= 4 is 30.2 Å². The molecule has 2 rings (SSSR count). The monoisotopic (exact) mass is 437 g/mol. The maximum atomic E-state index is 14.4. The first-order chi connectivity index (χ1) is 14.4. The van der Waals surface area contributed by atoms with Gasteiger partial charge in [-0.3, -0.25) is 4.79 Å². The first-order valence-electron chi connectivity index (χ1n) is 9.30. The number of alkyl halides is 2. The van der Waals surface area contributed by atoms with Crippen molar-refractivity contribution in [2.45, 2.75) is 32.7 Å². The van der Waals surface area contributed by atoms with Gasteiger partial charge in [0.1, 0.15) is 5.75 Å². The summed E-state index contributed by atoms with van der Waals surface area (Å²) >= 11 is 0. The van der Waals surface area contributed by atoms with Crippen LogP contribution in [0, 0.1) is 0 Å². The van der Waals surface area contributed by atoms with Gasteiger partial charge in [0.25, 0.3) is 5.91 Å². The van der Waals surface area contributed by atoms with Crippen LogP contribution in [-0.4, -0.2) is 72.1 Å². The lowest BCUT2D eigenvalue weighted by Gasteiger charge is -2.30. The van der Waals surface area contributed by atoms with Crippen LogP contribution in [0.2, 0.25) is 0 Å². The molecule has 1 heterocycles. The lowest BCUT2D eigenvalue weighted by Crippen LogP contribution is -2.46. The fourth-order valence-electron chi connectivity index (χ4n) is 2.94. The number of anilines is 1. The number of guanidine groups is 1. The second-order valence-corrected chi connectivity index (χ2v) is 7.14. The Hall–Kier alpha value is -3.50. The van der Waals surface area contributed by atoms with E-state index in [1.165, 1.54) is 44.2 Å². The number of aliphatic imine (C=N–C) groups is 2. The Morgan fingerprint density at radius 1 is 1.39 bits per heavy atom. The molecule has 0 spiro atoms. The van der Waals surface area contributed by atoms with Crippen molar-refractivity contribution in [2.75, 3.05) is 26.0 Å². The van der Waals surface area contributed by atoms with Crippen LogP contribution in [0.5, 0.6) is 5.75 Å². The molecule has 0 fully saturated rings. The lowest BCUT2D eigenvalue weighted by molar-refractivity contribution is -0.154. The summed E-state index contributed by atoms with van der Waals surface area (Å²) in [5, 5.41) is 12.0. The molecule has 1 amide bonds. The van der Waals surface area contributed by atoms with Crippen molar-refractivity contribution in [1.29, 1.82) is 0 Å². The topological polar surface area (TPSA) is 107 Å². The summed E-state index contributed by atoms with van der Waals surface area (Å²) < 4.78 is 34.0. The molecule has 0 saturated carbocycles.